The van der Waals surface area contributed by atoms with Crippen LogP contribution >= 0.6 is 23.1 Å². The maximum Gasteiger partial charge on any atom is 0.243 e. The van der Waals surface area contributed by atoms with Crippen LogP contribution in [0.25, 0.3) is 0 Å². The molecule has 170 valence electrons. The van der Waals surface area contributed by atoms with E-state index < -0.39 is 10.0 Å². The van der Waals surface area contributed by atoms with Crippen LogP contribution in [0.5, 0.6) is 0 Å². The molecule has 32 heavy (non-hydrogen) atoms. The summed E-state index contributed by atoms with van der Waals surface area (Å²) in [7, 11) is -3.48. The largest absolute Gasteiger partial charge is 0.467 e. The lowest BCUT2D eigenvalue weighted by Gasteiger charge is -2.25. The summed E-state index contributed by atoms with van der Waals surface area (Å²) < 4.78 is 32.9. The highest BCUT2D eigenvalue weighted by molar-refractivity contribution is 8.01. The van der Waals surface area contributed by atoms with Gasteiger partial charge in [0.1, 0.15) is 5.76 Å². The fourth-order valence-corrected chi connectivity index (χ4v) is 6.27. The van der Waals surface area contributed by atoms with Gasteiger partial charge in [0.15, 0.2) is 4.34 Å². The minimum absolute atomic E-state index is 0.167. The summed E-state index contributed by atoms with van der Waals surface area (Å²) in [5, 5.41) is 14.7. The lowest BCUT2D eigenvalue weighted by atomic mass is 10.2. The van der Waals surface area contributed by atoms with Crippen molar-refractivity contribution >= 4 is 49.8 Å². The number of anilines is 2. The second-order valence-electron chi connectivity index (χ2n) is 7.13. The molecule has 1 aromatic carbocycles. The van der Waals surface area contributed by atoms with Gasteiger partial charge in [0.25, 0.3) is 0 Å². The first kappa shape index (κ1) is 22.8. The van der Waals surface area contributed by atoms with Crippen LogP contribution in [0.2, 0.25) is 0 Å². The topological polar surface area (TPSA) is 117 Å². The van der Waals surface area contributed by atoms with Gasteiger partial charge in [0.2, 0.25) is 21.1 Å². The van der Waals surface area contributed by atoms with Crippen molar-refractivity contribution in [2.45, 2.75) is 35.0 Å². The first-order chi connectivity index (χ1) is 15.5. The number of piperidine rings is 1. The van der Waals surface area contributed by atoms with Crippen molar-refractivity contribution in [3.05, 3.63) is 48.4 Å². The molecule has 3 aromatic rings. The van der Waals surface area contributed by atoms with Gasteiger partial charge in [-0.3, -0.25) is 4.79 Å². The number of carbonyl (C=O) groups is 1. The molecule has 2 N–H and O–H groups in total. The molecule has 0 aliphatic carbocycles. The highest BCUT2D eigenvalue weighted by atomic mass is 32.2. The molecule has 2 aromatic heterocycles. The van der Waals surface area contributed by atoms with E-state index in [9.17, 15) is 13.2 Å². The lowest BCUT2D eigenvalue weighted by molar-refractivity contribution is -0.113. The van der Waals surface area contributed by atoms with Gasteiger partial charge in [0.05, 0.1) is 23.5 Å². The summed E-state index contributed by atoms with van der Waals surface area (Å²) in [6.45, 7) is 1.63. The Balaban J connectivity index is 1.25. The predicted octanol–water partition coefficient (Wildman–Crippen LogP) is 3.65. The Bertz CT molecular complexity index is 1120. The van der Waals surface area contributed by atoms with Gasteiger partial charge < -0.3 is 15.1 Å². The number of rotatable bonds is 9. The monoisotopic (exact) mass is 493 g/mol. The molecule has 0 saturated carbocycles. The lowest BCUT2D eigenvalue weighted by Crippen LogP contribution is -2.35. The number of benzene rings is 1. The van der Waals surface area contributed by atoms with E-state index in [0.29, 0.717) is 34.8 Å². The number of aromatic nitrogens is 2. The van der Waals surface area contributed by atoms with Gasteiger partial charge in [-0.05, 0) is 49.2 Å². The summed E-state index contributed by atoms with van der Waals surface area (Å²) in [5.74, 6) is 0.756. The molecule has 0 spiro atoms. The minimum atomic E-state index is -3.48. The quantitative estimate of drug-likeness (QED) is 0.434. The van der Waals surface area contributed by atoms with E-state index in [2.05, 4.69) is 20.8 Å². The van der Waals surface area contributed by atoms with E-state index in [0.717, 1.165) is 25.0 Å². The molecule has 0 atom stereocenters. The SMILES string of the molecule is O=C(CSc1nnc(NCc2ccco2)s1)Nc1ccc(S(=O)(=O)N2CCCCC2)cc1. The van der Waals surface area contributed by atoms with Crippen molar-refractivity contribution in [1.82, 2.24) is 14.5 Å². The third kappa shape index (κ3) is 5.88. The number of nitrogens with zero attached hydrogens (tertiary/aromatic N) is 3. The van der Waals surface area contributed by atoms with E-state index in [1.165, 1.54) is 39.5 Å². The Morgan fingerprint density at radius 2 is 1.91 bits per heavy atom. The fourth-order valence-electron chi connectivity index (χ4n) is 3.20. The molecule has 0 bridgehead atoms. The summed E-state index contributed by atoms with van der Waals surface area (Å²) in [5.41, 5.74) is 0.547. The van der Waals surface area contributed by atoms with E-state index in [-0.39, 0.29) is 16.6 Å². The standard InChI is InChI=1S/C20H23N5O4S3/c26-18(14-30-20-24-23-19(31-20)21-13-16-5-4-12-29-16)22-15-6-8-17(9-7-15)32(27,28)25-10-2-1-3-11-25/h4-9,12H,1-3,10-11,13-14H2,(H,21,23)(H,22,26). The van der Waals surface area contributed by atoms with Gasteiger partial charge in [-0.2, -0.15) is 4.31 Å². The Labute approximate surface area is 194 Å². The fraction of sp³-hybridized carbons (Fsp3) is 0.350. The predicted molar refractivity (Wildman–Crippen MR) is 124 cm³/mol. The first-order valence-corrected chi connectivity index (χ1v) is 13.4. The molecule has 1 aliphatic heterocycles. The zero-order valence-corrected chi connectivity index (χ0v) is 19.6. The first-order valence-electron chi connectivity index (χ1n) is 10.1. The smallest absolute Gasteiger partial charge is 0.243 e. The second kappa shape index (κ2) is 10.5. The molecule has 1 saturated heterocycles. The van der Waals surface area contributed by atoms with E-state index >= 15 is 0 Å². The van der Waals surface area contributed by atoms with Crippen LogP contribution in [0.15, 0.2) is 56.3 Å². The zero-order valence-electron chi connectivity index (χ0n) is 17.2. The molecule has 0 unspecified atom stereocenters. The van der Waals surface area contributed by atoms with Crippen molar-refractivity contribution in [3.8, 4) is 0 Å². The Morgan fingerprint density at radius 1 is 1.12 bits per heavy atom. The molecule has 1 aliphatic rings. The third-order valence-corrected chi connectivity index (χ3v) is 8.75. The van der Waals surface area contributed by atoms with Crippen LogP contribution < -0.4 is 10.6 Å². The Morgan fingerprint density at radius 3 is 2.62 bits per heavy atom. The van der Waals surface area contributed by atoms with E-state index in [4.69, 9.17) is 4.42 Å². The summed E-state index contributed by atoms with van der Waals surface area (Å²) in [6, 6.07) is 9.98. The van der Waals surface area contributed by atoms with Crippen molar-refractivity contribution in [2.75, 3.05) is 29.5 Å². The molecule has 1 amide bonds. The van der Waals surface area contributed by atoms with Crippen molar-refractivity contribution < 1.29 is 17.6 Å². The molecule has 12 heteroatoms. The zero-order chi connectivity index (χ0) is 22.4. The number of amides is 1. The molecule has 0 radical (unpaired) electrons. The Hall–Kier alpha value is -2.41. The maximum absolute atomic E-state index is 12.7. The summed E-state index contributed by atoms with van der Waals surface area (Å²) >= 11 is 2.64. The molecule has 9 nitrogen and oxygen atoms in total. The average molecular weight is 494 g/mol. The van der Waals surface area contributed by atoms with Crippen LogP contribution in [-0.4, -0.2) is 47.7 Å². The molecule has 3 heterocycles. The van der Waals surface area contributed by atoms with Gasteiger partial charge in [-0.1, -0.05) is 29.5 Å². The number of hydrogen-bond acceptors (Lipinski definition) is 9. The highest BCUT2D eigenvalue weighted by Gasteiger charge is 2.25. The number of nitrogens with one attached hydrogen (secondary N) is 2. The van der Waals surface area contributed by atoms with Gasteiger partial charge >= 0.3 is 0 Å². The second-order valence-corrected chi connectivity index (χ2v) is 11.3. The summed E-state index contributed by atoms with van der Waals surface area (Å²) in [4.78, 5) is 12.5. The van der Waals surface area contributed by atoms with Gasteiger partial charge in [-0.15, -0.1) is 10.2 Å². The van der Waals surface area contributed by atoms with E-state index in [1.807, 2.05) is 12.1 Å². The normalized spacial score (nSPS) is 14.9. The molecular formula is C20H23N5O4S3. The van der Waals surface area contributed by atoms with Gasteiger partial charge in [-0.25, -0.2) is 8.42 Å². The van der Waals surface area contributed by atoms with Crippen molar-refractivity contribution in [2.24, 2.45) is 0 Å². The molecule has 4 rings (SSSR count). The molecule has 1 fully saturated rings. The van der Waals surface area contributed by atoms with Crippen LogP contribution in [0, 0.1) is 0 Å². The number of sulfonamides is 1. The minimum Gasteiger partial charge on any atom is -0.467 e. The maximum atomic E-state index is 12.7. The van der Waals surface area contributed by atoms with Crippen LogP contribution in [0.3, 0.4) is 0 Å². The number of carbonyl (C=O) groups excluding carboxylic acids is 1. The number of hydrogen-bond donors (Lipinski definition) is 2. The number of thioether (sulfide) groups is 1. The van der Waals surface area contributed by atoms with Crippen molar-refractivity contribution in [3.63, 3.8) is 0 Å². The Kier molecular flexibility index (Phi) is 7.45. The summed E-state index contributed by atoms with van der Waals surface area (Å²) in [6.07, 6.45) is 4.45. The third-order valence-electron chi connectivity index (χ3n) is 4.82. The highest BCUT2D eigenvalue weighted by Crippen LogP contribution is 2.26. The number of furan rings is 1. The van der Waals surface area contributed by atoms with Crippen LogP contribution in [-0.2, 0) is 21.4 Å². The van der Waals surface area contributed by atoms with Crippen molar-refractivity contribution in [1.29, 1.82) is 0 Å². The van der Waals surface area contributed by atoms with Gasteiger partial charge in [0, 0.05) is 18.8 Å². The van der Waals surface area contributed by atoms with Crippen LogP contribution in [0.4, 0.5) is 10.8 Å². The van der Waals surface area contributed by atoms with E-state index in [1.54, 1.807) is 18.4 Å². The average Bonchev–Trinajstić information content (AvgIpc) is 3.49. The van der Waals surface area contributed by atoms with Crippen LogP contribution in [0.1, 0.15) is 25.0 Å². The molecular weight excluding hydrogens is 470 g/mol.